The van der Waals surface area contributed by atoms with E-state index in [1.165, 1.54) is 14.7 Å². The number of halogens is 4. The molecule has 0 aliphatic carbocycles. The molecular weight excluding hydrogens is 484 g/mol. The van der Waals surface area contributed by atoms with Crippen molar-refractivity contribution in [3.8, 4) is 0 Å². The maximum absolute atomic E-state index is 6.11. The lowest BCUT2D eigenvalue weighted by molar-refractivity contribution is 0.547. The van der Waals surface area contributed by atoms with Crippen LogP contribution in [0.25, 0.3) is 0 Å². The van der Waals surface area contributed by atoms with Crippen LogP contribution in [0.15, 0.2) is 40.9 Å². The van der Waals surface area contributed by atoms with E-state index in [1.807, 2.05) is 18.2 Å². The van der Waals surface area contributed by atoms with Crippen molar-refractivity contribution in [1.29, 1.82) is 0 Å². The van der Waals surface area contributed by atoms with E-state index in [0.29, 0.717) is 10.0 Å². The smallest absolute Gasteiger partial charge is 0.0595 e. The largest absolute Gasteiger partial charge is 0.310 e. The lowest BCUT2D eigenvalue weighted by Gasteiger charge is -2.20. The molecule has 1 N–H and O–H groups in total. The van der Waals surface area contributed by atoms with Crippen molar-refractivity contribution in [2.45, 2.75) is 19.4 Å². The predicted octanol–water partition coefficient (Wildman–Crippen LogP) is 6.25. The van der Waals surface area contributed by atoms with Gasteiger partial charge in [-0.15, -0.1) is 0 Å². The molecular formula is C16H15BrCl2IN. The number of nitrogens with one attached hydrogen (secondary N) is 1. The second-order valence-electron chi connectivity index (χ2n) is 4.73. The first-order chi connectivity index (χ1) is 10.0. The van der Waals surface area contributed by atoms with Gasteiger partial charge in [-0.1, -0.05) is 52.1 Å². The van der Waals surface area contributed by atoms with Gasteiger partial charge in [0.2, 0.25) is 0 Å². The minimum Gasteiger partial charge on any atom is -0.310 e. The molecule has 2 aromatic rings. The predicted molar refractivity (Wildman–Crippen MR) is 103 cm³/mol. The Kier molecular flexibility index (Phi) is 6.81. The van der Waals surface area contributed by atoms with Crippen LogP contribution >= 0.6 is 61.7 Å². The maximum Gasteiger partial charge on any atom is 0.0595 e. The molecule has 0 aliphatic rings. The highest BCUT2D eigenvalue weighted by molar-refractivity contribution is 14.1. The summed E-state index contributed by atoms with van der Waals surface area (Å²) < 4.78 is 2.34. The van der Waals surface area contributed by atoms with Crippen LogP contribution in [0.4, 0.5) is 0 Å². The van der Waals surface area contributed by atoms with Crippen molar-refractivity contribution in [2.24, 2.45) is 0 Å². The Morgan fingerprint density at radius 3 is 2.57 bits per heavy atom. The third-order valence-electron chi connectivity index (χ3n) is 3.21. The van der Waals surface area contributed by atoms with Crippen LogP contribution < -0.4 is 5.32 Å². The topological polar surface area (TPSA) is 12.0 Å². The Morgan fingerprint density at radius 1 is 1.14 bits per heavy atom. The van der Waals surface area contributed by atoms with Gasteiger partial charge in [0.15, 0.2) is 0 Å². The van der Waals surface area contributed by atoms with Crippen LogP contribution in [0.5, 0.6) is 0 Å². The molecule has 0 spiro atoms. The second-order valence-corrected chi connectivity index (χ2v) is 7.64. The molecule has 2 rings (SSSR count). The van der Waals surface area contributed by atoms with Crippen LogP contribution in [0.1, 0.15) is 24.1 Å². The monoisotopic (exact) mass is 497 g/mol. The Bertz CT molecular complexity index is 634. The Morgan fingerprint density at radius 2 is 1.90 bits per heavy atom. The van der Waals surface area contributed by atoms with E-state index < -0.39 is 0 Å². The van der Waals surface area contributed by atoms with Gasteiger partial charge in [0.25, 0.3) is 0 Å². The van der Waals surface area contributed by atoms with Crippen molar-refractivity contribution in [2.75, 3.05) is 6.54 Å². The molecule has 5 heteroatoms. The summed E-state index contributed by atoms with van der Waals surface area (Å²) in [5.41, 5.74) is 2.43. The highest BCUT2D eigenvalue weighted by Gasteiger charge is 2.15. The molecule has 0 bridgehead atoms. The Balaban J connectivity index is 2.30. The molecule has 0 heterocycles. The van der Waals surface area contributed by atoms with Gasteiger partial charge in [-0.3, -0.25) is 0 Å². The average molecular weight is 499 g/mol. The number of hydrogen-bond acceptors (Lipinski definition) is 1. The van der Waals surface area contributed by atoms with Gasteiger partial charge in [-0.25, -0.2) is 0 Å². The second kappa shape index (κ2) is 8.16. The van der Waals surface area contributed by atoms with E-state index >= 15 is 0 Å². The van der Waals surface area contributed by atoms with E-state index in [9.17, 15) is 0 Å². The van der Waals surface area contributed by atoms with Crippen molar-refractivity contribution in [3.05, 3.63) is 65.6 Å². The molecule has 1 unspecified atom stereocenters. The zero-order valence-corrected chi connectivity index (χ0v) is 16.7. The lowest BCUT2D eigenvalue weighted by Crippen LogP contribution is -2.23. The Labute approximate surface area is 157 Å². The van der Waals surface area contributed by atoms with Gasteiger partial charge >= 0.3 is 0 Å². The lowest BCUT2D eigenvalue weighted by atomic mass is 9.99. The van der Waals surface area contributed by atoms with Crippen LogP contribution in [0, 0.1) is 3.57 Å². The molecule has 0 aromatic heterocycles. The maximum atomic E-state index is 6.11. The van der Waals surface area contributed by atoms with E-state index in [1.54, 1.807) is 0 Å². The summed E-state index contributed by atoms with van der Waals surface area (Å²) in [4.78, 5) is 0. The quantitative estimate of drug-likeness (QED) is 0.480. The van der Waals surface area contributed by atoms with Gasteiger partial charge in [0.1, 0.15) is 0 Å². The van der Waals surface area contributed by atoms with Crippen LogP contribution in [-0.4, -0.2) is 6.54 Å². The third kappa shape index (κ3) is 4.83. The minimum absolute atomic E-state index is 0.233. The summed E-state index contributed by atoms with van der Waals surface area (Å²) in [6, 6.07) is 12.4. The molecule has 0 radical (unpaired) electrons. The van der Waals surface area contributed by atoms with E-state index in [4.69, 9.17) is 23.2 Å². The van der Waals surface area contributed by atoms with E-state index in [2.05, 4.69) is 69.0 Å². The summed E-state index contributed by atoms with van der Waals surface area (Å²) in [6.45, 7) is 3.02. The average Bonchev–Trinajstić information content (AvgIpc) is 2.45. The molecule has 21 heavy (non-hydrogen) atoms. The van der Waals surface area contributed by atoms with E-state index in [0.717, 1.165) is 17.4 Å². The van der Waals surface area contributed by atoms with Crippen molar-refractivity contribution >= 4 is 61.7 Å². The van der Waals surface area contributed by atoms with Gasteiger partial charge in [-0.05, 0) is 77.0 Å². The Hall–Kier alpha value is 0.190. The molecule has 0 saturated heterocycles. The molecule has 0 aliphatic heterocycles. The number of hydrogen-bond donors (Lipinski definition) is 1. The summed E-state index contributed by atoms with van der Waals surface area (Å²) in [6.07, 6.45) is 0.865. The molecule has 1 nitrogen and oxygen atoms in total. The first kappa shape index (κ1) is 17.5. The number of rotatable bonds is 5. The van der Waals surface area contributed by atoms with Crippen molar-refractivity contribution in [1.82, 2.24) is 5.32 Å². The van der Waals surface area contributed by atoms with Crippen molar-refractivity contribution in [3.63, 3.8) is 0 Å². The van der Waals surface area contributed by atoms with Gasteiger partial charge < -0.3 is 5.32 Å². The fraction of sp³-hybridized carbons (Fsp3) is 0.250. The highest BCUT2D eigenvalue weighted by atomic mass is 127. The van der Waals surface area contributed by atoms with Crippen molar-refractivity contribution < 1.29 is 0 Å². The molecule has 0 amide bonds. The first-order valence-corrected chi connectivity index (χ1v) is 9.26. The first-order valence-electron chi connectivity index (χ1n) is 6.63. The normalized spacial score (nSPS) is 12.4. The molecule has 0 saturated carbocycles. The fourth-order valence-electron chi connectivity index (χ4n) is 2.22. The van der Waals surface area contributed by atoms with Crippen LogP contribution in [-0.2, 0) is 6.42 Å². The fourth-order valence-corrected chi connectivity index (χ4v) is 3.58. The minimum atomic E-state index is 0.233. The zero-order valence-electron chi connectivity index (χ0n) is 11.5. The molecule has 112 valence electrons. The van der Waals surface area contributed by atoms with E-state index in [-0.39, 0.29) is 6.04 Å². The number of benzene rings is 2. The SMILES string of the molecule is CCNC(Cc1ccc(Cl)c(Cl)c1)c1cc(I)ccc1Br. The molecule has 1 atom stereocenters. The summed E-state index contributed by atoms with van der Waals surface area (Å²) >= 11 is 18.1. The molecule has 0 fully saturated rings. The van der Waals surface area contributed by atoms with Crippen LogP contribution in [0.3, 0.4) is 0 Å². The highest BCUT2D eigenvalue weighted by Crippen LogP contribution is 2.30. The zero-order chi connectivity index (χ0) is 15.4. The van der Waals surface area contributed by atoms with Crippen LogP contribution in [0.2, 0.25) is 10.0 Å². The van der Waals surface area contributed by atoms with Gasteiger partial charge in [0, 0.05) is 14.1 Å². The summed E-state index contributed by atoms with van der Waals surface area (Å²) in [5, 5.41) is 4.74. The van der Waals surface area contributed by atoms with Gasteiger partial charge in [-0.2, -0.15) is 0 Å². The number of likely N-dealkylation sites (N-methyl/N-ethyl adjacent to an activating group) is 1. The standard InChI is InChI=1S/C16H15BrCl2IN/c1-2-21-16(12-9-11(20)4-5-13(12)17)8-10-3-6-14(18)15(19)7-10/h3-7,9,16,21H,2,8H2,1H3. The summed E-state index contributed by atoms with van der Waals surface area (Å²) in [5.74, 6) is 0. The third-order valence-corrected chi connectivity index (χ3v) is 5.34. The summed E-state index contributed by atoms with van der Waals surface area (Å²) in [7, 11) is 0. The van der Waals surface area contributed by atoms with Gasteiger partial charge in [0.05, 0.1) is 10.0 Å². The molecule has 2 aromatic carbocycles.